The van der Waals surface area contributed by atoms with Crippen molar-refractivity contribution < 1.29 is 4.74 Å². The molecule has 0 amide bonds. The fraction of sp³-hybridized carbons (Fsp3) is 0.368. The summed E-state index contributed by atoms with van der Waals surface area (Å²) in [5.74, 6) is 0.694. The number of rotatable bonds is 7. The first kappa shape index (κ1) is 16.5. The number of nitrogens with two attached hydrogens (primary N) is 1. The number of aromatic nitrogens is 1. The largest absolute Gasteiger partial charge is 0.386 e. The van der Waals surface area contributed by atoms with E-state index in [1.54, 1.807) is 0 Å². The number of anilines is 1. The highest BCUT2D eigenvalue weighted by Gasteiger charge is 2.26. The van der Waals surface area contributed by atoms with Crippen molar-refractivity contribution in [2.75, 3.05) is 11.6 Å². The maximum atomic E-state index is 5.96. The van der Waals surface area contributed by atoms with Crippen LogP contribution < -0.4 is 10.7 Å². The van der Waals surface area contributed by atoms with Gasteiger partial charge in [0.15, 0.2) is 0 Å². The van der Waals surface area contributed by atoms with E-state index < -0.39 is 0 Å². The lowest BCUT2D eigenvalue weighted by atomic mass is 10.1. The smallest absolute Gasteiger partial charge is 0.122 e. The van der Waals surface area contributed by atoms with Gasteiger partial charge in [-0.05, 0) is 37.5 Å². The molecule has 1 aromatic heterocycles. The van der Waals surface area contributed by atoms with Gasteiger partial charge in [-0.25, -0.2) is 0 Å². The minimum Gasteiger partial charge on any atom is -0.386 e. The van der Waals surface area contributed by atoms with Crippen molar-refractivity contribution >= 4 is 11.5 Å². The van der Waals surface area contributed by atoms with Crippen LogP contribution in [0.1, 0.15) is 30.5 Å². The molecule has 0 saturated heterocycles. The molecule has 24 heavy (non-hydrogen) atoms. The Morgan fingerprint density at radius 3 is 2.88 bits per heavy atom. The molecule has 2 heterocycles. The van der Waals surface area contributed by atoms with E-state index in [4.69, 9.17) is 10.5 Å². The summed E-state index contributed by atoms with van der Waals surface area (Å²) in [6.07, 6.45) is 4.61. The van der Waals surface area contributed by atoms with E-state index in [0.29, 0.717) is 18.5 Å². The second-order valence-corrected chi connectivity index (χ2v) is 6.13. The standard InChI is InChI=1S/C19H24N4O/c1-15-12-18(9-10-21-15)23-17(13-19(20)22-23)8-5-11-24-14-16-6-3-2-4-7-16/h2-4,6-7,9-10,12,17H,5,8,11,13-14H2,1H3,(H2,20,22). The van der Waals surface area contributed by atoms with Gasteiger partial charge in [0.05, 0.1) is 18.3 Å². The van der Waals surface area contributed by atoms with Gasteiger partial charge in [0, 0.05) is 24.9 Å². The van der Waals surface area contributed by atoms with Gasteiger partial charge in [-0.2, -0.15) is 5.10 Å². The first-order valence-electron chi connectivity index (χ1n) is 8.39. The average molecular weight is 324 g/mol. The molecule has 1 atom stereocenters. The van der Waals surface area contributed by atoms with E-state index >= 15 is 0 Å². The molecule has 1 aliphatic heterocycles. The highest BCUT2D eigenvalue weighted by atomic mass is 16.5. The van der Waals surface area contributed by atoms with Gasteiger partial charge in [0.1, 0.15) is 5.84 Å². The Balaban J connectivity index is 1.47. The van der Waals surface area contributed by atoms with E-state index in [1.807, 2.05) is 48.5 Å². The van der Waals surface area contributed by atoms with Crippen LogP contribution in [0.2, 0.25) is 0 Å². The topological polar surface area (TPSA) is 63.7 Å². The Bertz CT molecular complexity index is 687. The molecular weight excluding hydrogens is 300 g/mol. The summed E-state index contributed by atoms with van der Waals surface area (Å²) in [7, 11) is 0. The maximum Gasteiger partial charge on any atom is 0.122 e. The molecule has 0 radical (unpaired) electrons. The van der Waals surface area contributed by atoms with Crippen LogP contribution in [0.25, 0.3) is 0 Å². The van der Waals surface area contributed by atoms with E-state index in [-0.39, 0.29) is 0 Å². The quantitative estimate of drug-likeness (QED) is 0.794. The van der Waals surface area contributed by atoms with Crippen LogP contribution in [0.15, 0.2) is 53.8 Å². The number of ether oxygens (including phenoxy) is 1. The molecule has 0 aliphatic carbocycles. The van der Waals surface area contributed by atoms with E-state index in [2.05, 4.69) is 22.2 Å². The molecule has 0 bridgehead atoms. The lowest BCUT2D eigenvalue weighted by molar-refractivity contribution is 0.116. The molecule has 5 nitrogen and oxygen atoms in total. The van der Waals surface area contributed by atoms with E-state index in [9.17, 15) is 0 Å². The lowest BCUT2D eigenvalue weighted by Crippen LogP contribution is -2.27. The first-order valence-corrected chi connectivity index (χ1v) is 8.39. The Morgan fingerprint density at radius 1 is 1.25 bits per heavy atom. The minimum absolute atomic E-state index is 0.298. The molecule has 2 aromatic rings. The summed E-state index contributed by atoms with van der Waals surface area (Å²) < 4.78 is 5.77. The van der Waals surface area contributed by atoms with Gasteiger partial charge >= 0.3 is 0 Å². The minimum atomic E-state index is 0.298. The average Bonchev–Trinajstić information content (AvgIpc) is 2.96. The van der Waals surface area contributed by atoms with Gasteiger partial charge in [0.25, 0.3) is 0 Å². The van der Waals surface area contributed by atoms with Crippen LogP contribution in [-0.4, -0.2) is 23.5 Å². The van der Waals surface area contributed by atoms with E-state index in [1.165, 1.54) is 5.56 Å². The van der Waals surface area contributed by atoms with Gasteiger partial charge in [0.2, 0.25) is 0 Å². The number of pyridine rings is 1. The summed E-state index contributed by atoms with van der Waals surface area (Å²) in [6.45, 7) is 3.39. The zero-order chi connectivity index (χ0) is 16.8. The number of hydrazone groups is 1. The summed E-state index contributed by atoms with van der Waals surface area (Å²) in [4.78, 5) is 4.24. The van der Waals surface area contributed by atoms with Crippen LogP contribution in [-0.2, 0) is 11.3 Å². The summed E-state index contributed by atoms with van der Waals surface area (Å²) >= 11 is 0. The normalized spacial score (nSPS) is 17.1. The molecule has 0 saturated carbocycles. The van der Waals surface area contributed by atoms with Crippen molar-refractivity contribution in [3.63, 3.8) is 0 Å². The molecule has 1 aromatic carbocycles. The third-order valence-electron chi connectivity index (χ3n) is 4.11. The molecule has 1 unspecified atom stereocenters. The Kier molecular flexibility index (Phi) is 5.43. The fourth-order valence-electron chi connectivity index (χ4n) is 2.94. The first-order chi connectivity index (χ1) is 11.7. The van der Waals surface area contributed by atoms with Crippen LogP contribution in [0.4, 0.5) is 5.69 Å². The van der Waals surface area contributed by atoms with Gasteiger partial charge in [-0.15, -0.1) is 0 Å². The number of amidine groups is 1. The summed E-state index contributed by atoms with van der Waals surface area (Å²) in [5.41, 5.74) is 9.21. The summed E-state index contributed by atoms with van der Waals surface area (Å²) in [5, 5.41) is 6.52. The number of hydrogen-bond acceptors (Lipinski definition) is 5. The monoisotopic (exact) mass is 324 g/mol. The summed E-state index contributed by atoms with van der Waals surface area (Å²) in [6, 6.07) is 14.6. The predicted molar refractivity (Wildman–Crippen MR) is 96.8 cm³/mol. The third kappa shape index (κ3) is 4.32. The van der Waals surface area contributed by atoms with Crippen LogP contribution >= 0.6 is 0 Å². The second-order valence-electron chi connectivity index (χ2n) is 6.13. The van der Waals surface area contributed by atoms with Crippen LogP contribution in [0, 0.1) is 6.92 Å². The Hall–Kier alpha value is -2.40. The maximum absolute atomic E-state index is 5.96. The zero-order valence-electron chi connectivity index (χ0n) is 14.1. The lowest BCUT2D eigenvalue weighted by Gasteiger charge is -2.23. The molecule has 3 rings (SSSR count). The Morgan fingerprint density at radius 2 is 2.08 bits per heavy atom. The Labute approximate surface area is 143 Å². The van der Waals surface area contributed by atoms with Crippen LogP contribution in [0.3, 0.4) is 0 Å². The third-order valence-corrected chi connectivity index (χ3v) is 4.11. The number of aryl methyl sites for hydroxylation is 1. The molecule has 1 aliphatic rings. The predicted octanol–water partition coefficient (Wildman–Crippen LogP) is 3.24. The van der Waals surface area contributed by atoms with Gasteiger partial charge in [-0.3, -0.25) is 9.99 Å². The molecule has 0 spiro atoms. The molecular formula is C19H24N4O. The van der Waals surface area contributed by atoms with Crippen LogP contribution in [0.5, 0.6) is 0 Å². The number of nitrogens with zero attached hydrogens (tertiary/aromatic N) is 3. The van der Waals surface area contributed by atoms with Crippen molar-refractivity contribution in [1.29, 1.82) is 0 Å². The van der Waals surface area contributed by atoms with E-state index in [0.717, 1.165) is 37.3 Å². The molecule has 5 heteroatoms. The zero-order valence-corrected chi connectivity index (χ0v) is 14.1. The second kappa shape index (κ2) is 7.93. The molecule has 2 N–H and O–H groups in total. The molecule has 0 fully saturated rings. The van der Waals surface area contributed by atoms with Crippen molar-refractivity contribution in [2.45, 2.75) is 38.8 Å². The van der Waals surface area contributed by atoms with Gasteiger partial charge in [-0.1, -0.05) is 30.3 Å². The number of hydrogen-bond donors (Lipinski definition) is 1. The highest BCUT2D eigenvalue weighted by Crippen LogP contribution is 2.26. The number of benzene rings is 1. The van der Waals surface area contributed by atoms with Crippen molar-refractivity contribution in [1.82, 2.24) is 4.98 Å². The van der Waals surface area contributed by atoms with Crippen molar-refractivity contribution in [3.8, 4) is 0 Å². The van der Waals surface area contributed by atoms with Crippen molar-refractivity contribution in [2.24, 2.45) is 10.8 Å². The van der Waals surface area contributed by atoms with Crippen molar-refractivity contribution in [3.05, 3.63) is 59.9 Å². The SMILES string of the molecule is Cc1cc(N2N=C(N)CC2CCCOCc2ccccc2)ccn1. The van der Waals surface area contributed by atoms with Gasteiger partial charge < -0.3 is 10.5 Å². The molecule has 126 valence electrons. The fourth-order valence-corrected chi connectivity index (χ4v) is 2.94. The highest BCUT2D eigenvalue weighted by molar-refractivity contribution is 5.85.